The summed E-state index contributed by atoms with van der Waals surface area (Å²) in [5.74, 6) is 0.111. The number of carbonyl (C=O) groups is 2. The van der Waals surface area contributed by atoms with Crippen molar-refractivity contribution in [3.8, 4) is 0 Å². The molecule has 0 atom stereocenters. The number of rotatable bonds is 6. The van der Waals surface area contributed by atoms with Crippen LogP contribution in [-0.2, 0) is 24.6 Å². The molecule has 1 aliphatic carbocycles. The summed E-state index contributed by atoms with van der Waals surface area (Å²) in [4.78, 5) is 30.8. The quantitative estimate of drug-likeness (QED) is 0.545. The van der Waals surface area contributed by atoms with Crippen LogP contribution in [0.3, 0.4) is 0 Å². The average molecular weight is 485 g/mol. The molecule has 0 unspecified atom stereocenters. The maximum atomic E-state index is 13.2. The molecule has 1 amide bonds. The minimum Gasteiger partial charge on any atom is -0.460 e. The van der Waals surface area contributed by atoms with E-state index in [1.54, 1.807) is 0 Å². The fourth-order valence-electron chi connectivity index (χ4n) is 6.51. The molecule has 4 rings (SSSR count). The summed E-state index contributed by atoms with van der Waals surface area (Å²) < 4.78 is 11.4. The Labute approximate surface area is 211 Å². The predicted molar refractivity (Wildman–Crippen MR) is 137 cm³/mol. The second kappa shape index (κ2) is 9.85. The van der Waals surface area contributed by atoms with Crippen LogP contribution in [0.4, 0.5) is 0 Å². The lowest BCUT2D eigenvalue weighted by atomic mass is 9.64. The van der Waals surface area contributed by atoms with E-state index in [0.29, 0.717) is 45.4 Å². The lowest BCUT2D eigenvalue weighted by Crippen LogP contribution is -2.47. The van der Waals surface area contributed by atoms with Gasteiger partial charge in [-0.15, -0.1) is 0 Å². The highest BCUT2D eigenvalue weighted by molar-refractivity contribution is 5.80. The molecule has 194 valence electrons. The molecule has 1 aromatic carbocycles. The Morgan fingerprint density at radius 1 is 1.03 bits per heavy atom. The van der Waals surface area contributed by atoms with Gasteiger partial charge in [0, 0.05) is 38.3 Å². The third-order valence-electron chi connectivity index (χ3n) is 8.85. The molecule has 0 radical (unpaired) electrons. The predicted octanol–water partition coefficient (Wildman–Crippen LogP) is 4.76. The van der Waals surface area contributed by atoms with Crippen molar-refractivity contribution in [1.29, 1.82) is 0 Å². The van der Waals surface area contributed by atoms with Gasteiger partial charge < -0.3 is 14.4 Å². The first-order valence-electron chi connectivity index (χ1n) is 13.3. The van der Waals surface area contributed by atoms with Crippen LogP contribution in [0.5, 0.6) is 0 Å². The van der Waals surface area contributed by atoms with E-state index in [-0.39, 0.29) is 22.8 Å². The van der Waals surface area contributed by atoms with Crippen molar-refractivity contribution in [3.63, 3.8) is 0 Å². The number of hydrogen-bond acceptors (Lipinski definition) is 5. The van der Waals surface area contributed by atoms with Crippen molar-refractivity contribution >= 4 is 11.9 Å². The number of hydrogen-bond donors (Lipinski definition) is 0. The fraction of sp³-hybridized carbons (Fsp3) is 0.724. The highest BCUT2D eigenvalue weighted by Crippen LogP contribution is 2.52. The van der Waals surface area contributed by atoms with Crippen LogP contribution >= 0.6 is 0 Å². The molecule has 2 heterocycles. The molecule has 3 fully saturated rings. The zero-order valence-electron chi connectivity index (χ0n) is 22.4. The molecule has 1 saturated carbocycles. The Morgan fingerprint density at radius 2 is 1.66 bits per heavy atom. The van der Waals surface area contributed by atoms with E-state index in [1.165, 1.54) is 5.56 Å². The van der Waals surface area contributed by atoms with Gasteiger partial charge in [0.1, 0.15) is 5.60 Å². The van der Waals surface area contributed by atoms with Crippen LogP contribution in [0.25, 0.3) is 0 Å². The Hall–Kier alpha value is -1.92. The smallest absolute Gasteiger partial charge is 0.312 e. The van der Waals surface area contributed by atoms with Crippen LogP contribution in [0.15, 0.2) is 30.3 Å². The van der Waals surface area contributed by atoms with Gasteiger partial charge in [-0.25, -0.2) is 0 Å². The van der Waals surface area contributed by atoms with Crippen LogP contribution in [0.2, 0.25) is 0 Å². The number of amides is 1. The molecule has 6 nitrogen and oxygen atoms in total. The summed E-state index contributed by atoms with van der Waals surface area (Å²) in [5.41, 5.74) is 0.392. The molecule has 0 aromatic heterocycles. The highest BCUT2D eigenvalue weighted by Gasteiger charge is 2.51. The van der Waals surface area contributed by atoms with Crippen LogP contribution < -0.4 is 0 Å². The first-order chi connectivity index (χ1) is 16.5. The van der Waals surface area contributed by atoms with E-state index in [2.05, 4.69) is 49.3 Å². The second-order valence-corrected chi connectivity index (χ2v) is 12.4. The van der Waals surface area contributed by atoms with Crippen LogP contribution in [0, 0.1) is 10.8 Å². The SMILES string of the molecule is CN(C)[C@]1(c2ccccc2)CC[C@]2(CC1)CC(=O)N(CCC1(C(=O)OC(C)(C)C)CCOCC1)C2. The summed E-state index contributed by atoms with van der Waals surface area (Å²) in [5, 5.41) is 0. The number of esters is 1. The van der Waals surface area contributed by atoms with Crippen molar-refractivity contribution in [3.05, 3.63) is 35.9 Å². The summed E-state index contributed by atoms with van der Waals surface area (Å²) in [6.07, 6.45) is 6.83. The Morgan fingerprint density at radius 3 is 2.23 bits per heavy atom. The van der Waals surface area contributed by atoms with Crippen molar-refractivity contribution in [2.75, 3.05) is 40.4 Å². The summed E-state index contributed by atoms with van der Waals surface area (Å²) in [6.45, 7) is 8.32. The molecule has 35 heavy (non-hydrogen) atoms. The number of benzene rings is 1. The minimum absolute atomic E-state index is 0.0336. The lowest BCUT2D eigenvalue weighted by Gasteiger charge is -2.49. The first-order valence-corrected chi connectivity index (χ1v) is 13.3. The number of likely N-dealkylation sites (tertiary alicyclic amines) is 1. The van der Waals surface area contributed by atoms with Crippen molar-refractivity contribution in [1.82, 2.24) is 9.80 Å². The maximum absolute atomic E-state index is 13.2. The molecular formula is C29H44N2O4. The zero-order valence-corrected chi connectivity index (χ0v) is 22.4. The second-order valence-electron chi connectivity index (χ2n) is 12.4. The van der Waals surface area contributed by atoms with Gasteiger partial charge in [0.2, 0.25) is 5.91 Å². The summed E-state index contributed by atoms with van der Waals surface area (Å²) in [7, 11) is 4.36. The van der Waals surface area contributed by atoms with Gasteiger partial charge >= 0.3 is 5.97 Å². The van der Waals surface area contributed by atoms with Gasteiger partial charge in [-0.1, -0.05) is 30.3 Å². The van der Waals surface area contributed by atoms with E-state index >= 15 is 0 Å². The minimum atomic E-state index is -0.554. The molecule has 2 saturated heterocycles. The van der Waals surface area contributed by atoms with Gasteiger partial charge in [-0.3, -0.25) is 14.5 Å². The fourth-order valence-corrected chi connectivity index (χ4v) is 6.51. The monoisotopic (exact) mass is 484 g/mol. The highest BCUT2D eigenvalue weighted by atomic mass is 16.6. The Kier molecular flexibility index (Phi) is 7.36. The normalized spacial score (nSPS) is 29.1. The van der Waals surface area contributed by atoms with Gasteiger partial charge in [0.15, 0.2) is 0 Å². The third-order valence-corrected chi connectivity index (χ3v) is 8.85. The Balaban J connectivity index is 1.42. The third kappa shape index (κ3) is 5.43. The largest absolute Gasteiger partial charge is 0.460 e. The Bertz CT molecular complexity index is 891. The molecule has 3 aliphatic rings. The number of carbonyl (C=O) groups excluding carboxylic acids is 2. The zero-order chi connectivity index (χ0) is 25.3. The van der Waals surface area contributed by atoms with Crippen LogP contribution in [0.1, 0.15) is 77.7 Å². The van der Waals surface area contributed by atoms with Crippen LogP contribution in [-0.4, -0.2) is 67.7 Å². The molecule has 1 aromatic rings. The molecular weight excluding hydrogens is 440 g/mol. The first kappa shape index (κ1) is 26.2. The van der Waals surface area contributed by atoms with E-state index in [0.717, 1.165) is 32.2 Å². The molecule has 1 spiro atoms. The number of nitrogens with zero attached hydrogens (tertiary/aromatic N) is 2. The van der Waals surface area contributed by atoms with Crippen molar-refractivity contribution < 1.29 is 19.1 Å². The standard InChI is InChI=1S/C29H44N2O4/c1-26(2,3)35-25(33)28(16-19-34-20-17-28)15-18-31-22-27(21-24(31)32)11-13-29(14-12-27,30(4)5)23-9-7-6-8-10-23/h6-10H,11-22H2,1-5H3/t27-,29+. The molecule has 2 aliphatic heterocycles. The molecule has 0 bridgehead atoms. The topological polar surface area (TPSA) is 59.1 Å². The van der Waals surface area contributed by atoms with Gasteiger partial charge in [0.25, 0.3) is 0 Å². The van der Waals surface area contributed by atoms with E-state index in [4.69, 9.17) is 9.47 Å². The van der Waals surface area contributed by atoms with Crippen molar-refractivity contribution in [2.24, 2.45) is 10.8 Å². The van der Waals surface area contributed by atoms with Gasteiger partial charge in [-0.05, 0) is 90.8 Å². The average Bonchev–Trinajstić information content (AvgIpc) is 3.13. The molecule has 6 heteroatoms. The van der Waals surface area contributed by atoms with Gasteiger partial charge in [-0.2, -0.15) is 0 Å². The summed E-state index contributed by atoms with van der Waals surface area (Å²) in [6, 6.07) is 10.8. The van der Waals surface area contributed by atoms with E-state index < -0.39 is 11.0 Å². The van der Waals surface area contributed by atoms with E-state index in [1.807, 2.05) is 25.7 Å². The maximum Gasteiger partial charge on any atom is 0.312 e. The number of ether oxygens (including phenoxy) is 2. The summed E-state index contributed by atoms with van der Waals surface area (Å²) >= 11 is 0. The van der Waals surface area contributed by atoms with E-state index in [9.17, 15) is 9.59 Å². The molecule has 0 N–H and O–H groups in total. The van der Waals surface area contributed by atoms with Crippen molar-refractivity contribution in [2.45, 2.75) is 83.3 Å². The van der Waals surface area contributed by atoms with Gasteiger partial charge in [0.05, 0.1) is 5.41 Å². The lowest BCUT2D eigenvalue weighted by molar-refractivity contribution is -0.174.